The summed E-state index contributed by atoms with van der Waals surface area (Å²) in [6.45, 7) is 2.73. The van der Waals surface area contributed by atoms with Gasteiger partial charge in [-0.15, -0.1) is 0 Å². The van der Waals surface area contributed by atoms with Gasteiger partial charge in [-0.2, -0.15) is 0 Å². The minimum atomic E-state index is -0.457. The van der Waals surface area contributed by atoms with Crippen molar-refractivity contribution in [1.82, 2.24) is 4.98 Å². The fourth-order valence-corrected chi connectivity index (χ4v) is 2.13. The third-order valence-electron chi connectivity index (χ3n) is 2.40. The molecular weight excluding hydrogens is 271 g/mol. The molecule has 2 rings (SSSR count). The minimum absolute atomic E-state index is 0. The zero-order valence-electron chi connectivity index (χ0n) is 9.48. The predicted molar refractivity (Wildman–Crippen MR) is 64.0 cm³/mol. The molecule has 0 spiro atoms. The maximum absolute atomic E-state index is 11.2. The summed E-state index contributed by atoms with van der Waals surface area (Å²) in [6, 6.07) is 1.54. The summed E-state index contributed by atoms with van der Waals surface area (Å²) in [4.78, 5) is 6.18. The molecule has 1 aliphatic heterocycles. The molecule has 17 heavy (non-hydrogen) atoms. The van der Waals surface area contributed by atoms with Crippen molar-refractivity contribution in [2.24, 2.45) is 0 Å². The Labute approximate surface area is 132 Å². The monoisotopic (exact) mass is 280 g/mol. The molecule has 0 radical (unpaired) electrons. The van der Waals surface area contributed by atoms with Crippen molar-refractivity contribution in [3.63, 3.8) is 0 Å². The van der Waals surface area contributed by atoms with Crippen LogP contribution in [0.3, 0.4) is 0 Å². The second kappa shape index (κ2) is 6.87. The van der Waals surface area contributed by atoms with Crippen LogP contribution in [0, 0.1) is 0 Å². The van der Waals surface area contributed by atoms with Crippen LogP contribution < -0.4 is 39.6 Å². The molecule has 0 unspecified atom stereocenters. The first-order chi connectivity index (χ1) is 7.70. The fraction of sp³-hybridized carbons (Fsp3) is 0.400. The first-order valence-corrected chi connectivity index (χ1v) is 5.67. The first-order valence-electron chi connectivity index (χ1n) is 4.88. The smallest absolute Gasteiger partial charge is 0.864 e. The Morgan fingerprint density at radius 1 is 1.47 bits per heavy atom. The standard InChI is InChI=1S/C10H11ClN2O2S.Na/c11-8-7(10(14)16)1-2-12-9(8)13-3-5-15-6-4-13;/h1-2H,3-6H2,(H,14,16);/q;+1/p-1. The number of halogens is 1. The van der Waals surface area contributed by atoms with Gasteiger partial charge in [-0.05, 0) is 11.1 Å². The van der Waals surface area contributed by atoms with E-state index in [1.165, 1.54) is 0 Å². The van der Waals surface area contributed by atoms with Crippen molar-refractivity contribution >= 4 is 34.7 Å². The molecule has 2 heterocycles. The number of thiocarbonyl (C=S) groups is 1. The number of ether oxygens (including phenoxy) is 1. The van der Waals surface area contributed by atoms with Crippen LogP contribution in [0.1, 0.15) is 5.56 Å². The van der Waals surface area contributed by atoms with Gasteiger partial charge in [-0.3, -0.25) is 0 Å². The molecule has 1 aromatic rings. The van der Waals surface area contributed by atoms with Crippen LogP contribution >= 0.6 is 23.8 Å². The minimum Gasteiger partial charge on any atom is -0.864 e. The quantitative estimate of drug-likeness (QED) is 0.447. The molecule has 4 nitrogen and oxygen atoms in total. The van der Waals surface area contributed by atoms with E-state index in [2.05, 4.69) is 17.2 Å². The van der Waals surface area contributed by atoms with E-state index >= 15 is 0 Å². The molecule has 0 aromatic carbocycles. The van der Waals surface area contributed by atoms with E-state index in [4.69, 9.17) is 16.3 Å². The molecule has 0 bridgehead atoms. The van der Waals surface area contributed by atoms with Gasteiger partial charge in [0.25, 0.3) is 0 Å². The van der Waals surface area contributed by atoms with Crippen LogP contribution in [-0.2, 0) is 4.74 Å². The number of nitrogens with zero attached hydrogens (tertiary/aromatic N) is 2. The Morgan fingerprint density at radius 2 is 2.12 bits per heavy atom. The predicted octanol–water partition coefficient (Wildman–Crippen LogP) is -2.39. The van der Waals surface area contributed by atoms with E-state index in [0.29, 0.717) is 29.6 Å². The number of anilines is 1. The Kier molecular flexibility index (Phi) is 6.12. The first kappa shape index (κ1) is 15.1. The molecule has 0 aliphatic carbocycles. The van der Waals surface area contributed by atoms with E-state index in [1.54, 1.807) is 12.3 Å². The molecule has 1 saturated heterocycles. The molecule has 1 fully saturated rings. The Bertz CT molecular complexity index is 413. The van der Waals surface area contributed by atoms with E-state index in [-0.39, 0.29) is 29.6 Å². The van der Waals surface area contributed by atoms with E-state index in [9.17, 15) is 5.11 Å². The second-order valence-electron chi connectivity index (χ2n) is 3.38. The van der Waals surface area contributed by atoms with Crippen LogP contribution in [0.15, 0.2) is 12.3 Å². The molecule has 1 aromatic heterocycles. The van der Waals surface area contributed by atoms with Gasteiger partial charge in [0.1, 0.15) is 5.82 Å². The van der Waals surface area contributed by atoms with E-state index in [0.717, 1.165) is 13.1 Å². The number of pyridine rings is 1. The van der Waals surface area contributed by atoms with Crippen LogP contribution in [0.25, 0.3) is 0 Å². The number of rotatable bonds is 2. The summed E-state index contributed by atoms with van der Waals surface area (Å²) in [5.74, 6) is 0.612. The normalized spacial score (nSPS) is 15.2. The van der Waals surface area contributed by atoms with Crippen LogP contribution in [0.4, 0.5) is 5.82 Å². The maximum atomic E-state index is 11.2. The van der Waals surface area contributed by atoms with Crippen LogP contribution in [0.5, 0.6) is 0 Å². The molecule has 0 N–H and O–H groups in total. The van der Waals surface area contributed by atoms with Gasteiger partial charge in [0.05, 0.1) is 18.2 Å². The van der Waals surface area contributed by atoms with Gasteiger partial charge in [-0.25, -0.2) is 4.98 Å². The van der Waals surface area contributed by atoms with Crippen molar-refractivity contribution < 1.29 is 39.4 Å². The molecular formula is C10H10ClN2NaO2S. The zero-order chi connectivity index (χ0) is 11.5. The molecule has 7 heteroatoms. The topological polar surface area (TPSA) is 48.4 Å². The summed E-state index contributed by atoms with van der Waals surface area (Å²) in [5, 5.41) is 11.0. The summed E-state index contributed by atoms with van der Waals surface area (Å²) >= 11 is 10.7. The molecule has 0 saturated carbocycles. The number of hydrogen-bond acceptors (Lipinski definition) is 5. The second-order valence-corrected chi connectivity index (χ2v) is 4.13. The number of hydrogen-bond donors (Lipinski definition) is 0. The van der Waals surface area contributed by atoms with E-state index < -0.39 is 5.05 Å². The summed E-state index contributed by atoms with van der Waals surface area (Å²) in [7, 11) is 0. The fourth-order valence-electron chi connectivity index (χ4n) is 1.59. The third-order valence-corrected chi connectivity index (χ3v) is 2.99. The SMILES string of the molecule is [Na+].[O-]C(=S)c1ccnc(N2CCOCC2)c1Cl. The van der Waals surface area contributed by atoms with Crippen molar-refractivity contribution in [1.29, 1.82) is 0 Å². The summed E-state index contributed by atoms with van der Waals surface area (Å²) < 4.78 is 5.24. The van der Waals surface area contributed by atoms with Crippen molar-refractivity contribution in [3.05, 3.63) is 22.8 Å². The Hall–Kier alpha value is 0.0900. The molecule has 1 aliphatic rings. The van der Waals surface area contributed by atoms with Gasteiger partial charge >= 0.3 is 29.6 Å². The largest absolute Gasteiger partial charge is 1.00 e. The van der Waals surface area contributed by atoms with Gasteiger partial charge in [-0.1, -0.05) is 23.8 Å². The zero-order valence-corrected chi connectivity index (χ0v) is 13.1. The van der Waals surface area contributed by atoms with Gasteiger partial charge in [0.15, 0.2) is 0 Å². The van der Waals surface area contributed by atoms with Gasteiger partial charge in [0, 0.05) is 24.8 Å². The van der Waals surface area contributed by atoms with Crippen molar-refractivity contribution in [2.75, 3.05) is 31.2 Å². The Morgan fingerprint density at radius 3 is 2.71 bits per heavy atom. The summed E-state index contributed by atoms with van der Waals surface area (Å²) in [5.41, 5.74) is 0.341. The van der Waals surface area contributed by atoms with Crippen molar-refractivity contribution in [3.8, 4) is 0 Å². The van der Waals surface area contributed by atoms with Crippen LogP contribution in [-0.4, -0.2) is 36.3 Å². The summed E-state index contributed by atoms with van der Waals surface area (Å²) in [6.07, 6.45) is 1.55. The molecule has 0 amide bonds. The number of aromatic nitrogens is 1. The average Bonchev–Trinajstić information content (AvgIpc) is 2.30. The maximum Gasteiger partial charge on any atom is 1.00 e. The number of morpholine rings is 1. The van der Waals surface area contributed by atoms with Crippen molar-refractivity contribution in [2.45, 2.75) is 0 Å². The average molecular weight is 281 g/mol. The van der Waals surface area contributed by atoms with Gasteiger partial charge < -0.3 is 14.7 Å². The Balaban J connectivity index is 0.00000144. The van der Waals surface area contributed by atoms with Gasteiger partial charge in [0.2, 0.25) is 0 Å². The van der Waals surface area contributed by atoms with Crippen LogP contribution in [0.2, 0.25) is 5.02 Å². The molecule has 86 valence electrons. The molecule has 0 atom stereocenters. The van der Waals surface area contributed by atoms with E-state index in [1.807, 2.05) is 4.90 Å². The third kappa shape index (κ3) is 3.53.